The maximum Gasteiger partial charge on any atom is 0.243 e. The first-order valence-corrected chi connectivity index (χ1v) is 10.5. The Kier molecular flexibility index (Phi) is 6.47. The largest absolute Gasteiger partial charge is 0.342 e. The molecular weight excluding hydrogens is 350 g/mol. The topological polar surface area (TPSA) is 60.9 Å². The fourth-order valence-corrected chi connectivity index (χ4v) is 5.26. The molecule has 2 rings (SSSR count). The van der Waals surface area contributed by atoms with Crippen molar-refractivity contribution in [1.82, 2.24) is 14.1 Å². The molecule has 0 unspecified atom stereocenters. The minimum Gasteiger partial charge on any atom is -0.342 e. The van der Waals surface area contributed by atoms with Crippen LogP contribution in [0.3, 0.4) is 0 Å². The van der Waals surface area contributed by atoms with E-state index in [1.54, 1.807) is 16.3 Å². The summed E-state index contributed by atoms with van der Waals surface area (Å²) in [6.45, 7) is 11.9. The second-order valence-electron chi connectivity index (χ2n) is 7.51. The van der Waals surface area contributed by atoms with Crippen LogP contribution >= 0.6 is 0 Å². The van der Waals surface area contributed by atoms with E-state index in [0.29, 0.717) is 37.6 Å². The van der Waals surface area contributed by atoms with Crippen LogP contribution in [0.15, 0.2) is 17.0 Å². The van der Waals surface area contributed by atoms with Gasteiger partial charge in [0.05, 0.1) is 11.4 Å². The molecule has 146 valence electrons. The first kappa shape index (κ1) is 20.9. The van der Waals surface area contributed by atoms with E-state index in [1.165, 1.54) is 0 Å². The Hall–Kier alpha value is -1.44. The normalized spacial score (nSPS) is 16.9. The second-order valence-corrected chi connectivity index (χ2v) is 9.38. The molecule has 1 aromatic rings. The number of hydrogen-bond acceptors (Lipinski definition) is 4. The molecule has 1 saturated heterocycles. The van der Waals surface area contributed by atoms with Crippen LogP contribution in [-0.2, 0) is 14.8 Å². The van der Waals surface area contributed by atoms with Crippen LogP contribution in [0.4, 0.5) is 0 Å². The standard InChI is InChI=1S/C19H31N3O3S/c1-14(2)20(6)18(23)13-21-7-9-22(10-8-21)26(24,25)19-16(4)11-15(3)12-17(19)5/h11-12,14H,7-10,13H2,1-6H3. The summed E-state index contributed by atoms with van der Waals surface area (Å²) in [5.41, 5.74) is 2.65. The lowest BCUT2D eigenvalue weighted by molar-refractivity contribution is -0.132. The molecule has 0 radical (unpaired) electrons. The monoisotopic (exact) mass is 381 g/mol. The van der Waals surface area contributed by atoms with Crippen LogP contribution in [0.5, 0.6) is 0 Å². The molecule has 0 N–H and O–H groups in total. The highest BCUT2D eigenvalue weighted by atomic mass is 32.2. The third-order valence-electron chi connectivity index (χ3n) is 5.06. The van der Waals surface area contributed by atoms with E-state index in [1.807, 2.05) is 51.7 Å². The van der Waals surface area contributed by atoms with Crippen LogP contribution in [0, 0.1) is 20.8 Å². The predicted octanol–water partition coefficient (Wildman–Crippen LogP) is 1.78. The fourth-order valence-electron chi connectivity index (χ4n) is 3.42. The minimum atomic E-state index is -3.51. The molecule has 7 heteroatoms. The molecule has 1 aliphatic rings. The Morgan fingerprint density at radius 2 is 1.58 bits per heavy atom. The Bertz CT molecular complexity index is 743. The molecule has 0 saturated carbocycles. The van der Waals surface area contributed by atoms with Gasteiger partial charge in [-0.2, -0.15) is 4.31 Å². The van der Waals surface area contributed by atoms with Gasteiger partial charge in [0.1, 0.15) is 0 Å². The number of piperazine rings is 1. The summed E-state index contributed by atoms with van der Waals surface area (Å²) in [6, 6.07) is 3.99. The zero-order valence-corrected chi connectivity index (χ0v) is 17.6. The fraction of sp³-hybridized carbons (Fsp3) is 0.632. The first-order chi connectivity index (χ1) is 12.0. The average molecular weight is 382 g/mol. The molecule has 0 aliphatic carbocycles. The van der Waals surface area contributed by atoms with Gasteiger partial charge in [0.25, 0.3) is 0 Å². The van der Waals surface area contributed by atoms with Crippen LogP contribution in [0.25, 0.3) is 0 Å². The summed E-state index contributed by atoms with van der Waals surface area (Å²) in [4.78, 5) is 16.4. The van der Waals surface area contributed by atoms with Crippen molar-refractivity contribution in [2.24, 2.45) is 0 Å². The number of amides is 1. The van der Waals surface area contributed by atoms with Gasteiger partial charge in [0.2, 0.25) is 15.9 Å². The van der Waals surface area contributed by atoms with Gasteiger partial charge >= 0.3 is 0 Å². The van der Waals surface area contributed by atoms with Crippen molar-refractivity contribution in [3.05, 3.63) is 28.8 Å². The Morgan fingerprint density at radius 3 is 2.04 bits per heavy atom. The number of likely N-dealkylation sites (N-methyl/N-ethyl adjacent to an activating group) is 1. The van der Waals surface area contributed by atoms with Gasteiger partial charge in [-0.1, -0.05) is 17.7 Å². The molecule has 1 heterocycles. The van der Waals surface area contributed by atoms with Crippen molar-refractivity contribution in [3.8, 4) is 0 Å². The molecule has 0 spiro atoms. The maximum atomic E-state index is 13.1. The number of nitrogens with zero attached hydrogens (tertiary/aromatic N) is 3. The Labute approximate surface area is 157 Å². The van der Waals surface area contributed by atoms with Crippen molar-refractivity contribution in [2.45, 2.75) is 45.6 Å². The van der Waals surface area contributed by atoms with Crippen molar-refractivity contribution >= 4 is 15.9 Å². The zero-order chi connectivity index (χ0) is 19.6. The van der Waals surface area contributed by atoms with E-state index in [0.717, 1.165) is 16.7 Å². The van der Waals surface area contributed by atoms with Gasteiger partial charge in [-0.05, 0) is 45.7 Å². The lowest BCUT2D eigenvalue weighted by Gasteiger charge is -2.35. The minimum absolute atomic E-state index is 0.0709. The number of benzene rings is 1. The molecule has 0 atom stereocenters. The smallest absolute Gasteiger partial charge is 0.243 e. The predicted molar refractivity (Wildman–Crippen MR) is 104 cm³/mol. The van der Waals surface area contributed by atoms with Crippen molar-refractivity contribution in [2.75, 3.05) is 39.8 Å². The van der Waals surface area contributed by atoms with Crippen LogP contribution in [0.2, 0.25) is 0 Å². The Balaban J connectivity index is 2.07. The van der Waals surface area contributed by atoms with Crippen molar-refractivity contribution < 1.29 is 13.2 Å². The van der Waals surface area contributed by atoms with Gasteiger partial charge in [-0.3, -0.25) is 9.69 Å². The molecule has 1 amide bonds. The molecule has 1 aromatic carbocycles. The van der Waals surface area contributed by atoms with E-state index in [4.69, 9.17) is 0 Å². The van der Waals surface area contributed by atoms with E-state index in [9.17, 15) is 13.2 Å². The molecule has 26 heavy (non-hydrogen) atoms. The molecule has 0 aromatic heterocycles. The number of carbonyl (C=O) groups excluding carboxylic acids is 1. The first-order valence-electron chi connectivity index (χ1n) is 9.10. The Morgan fingerprint density at radius 1 is 1.08 bits per heavy atom. The third kappa shape index (κ3) is 4.45. The highest BCUT2D eigenvalue weighted by molar-refractivity contribution is 7.89. The van der Waals surface area contributed by atoms with Gasteiger partial charge in [0.15, 0.2) is 0 Å². The lowest BCUT2D eigenvalue weighted by atomic mass is 10.1. The number of sulfonamides is 1. The lowest BCUT2D eigenvalue weighted by Crippen LogP contribution is -2.51. The van der Waals surface area contributed by atoms with Gasteiger partial charge < -0.3 is 4.90 Å². The van der Waals surface area contributed by atoms with E-state index in [2.05, 4.69) is 0 Å². The molecule has 1 fully saturated rings. The quantitative estimate of drug-likeness (QED) is 0.780. The summed E-state index contributed by atoms with van der Waals surface area (Å²) < 4.78 is 27.7. The average Bonchev–Trinajstić information content (AvgIpc) is 2.53. The number of carbonyl (C=O) groups is 1. The van der Waals surface area contributed by atoms with Crippen molar-refractivity contribution in [3.63, 3.8) is 0 Å². The van der Waals surface area contributed by atoms with Gasteiger partial charge in [-0.25, -0.2) is 8.42 Å². The van der Waals surface area contributed by atoms with E-state index >= 15 is 0 Å². The van der Waals surface area contributed by atoms with Crippen molar-refractivity contribution in [1.29, 1.82) is 0 Å². The maximum absolute atomic E-state index is 13.1. The van der Waals surface area contributed by atoms with Crippen LogP contribution < -0.4 is 0 Å². The van der Waals surface area contributed by atoms with Crippen LogP contribution in [0.1, 0.15) is 30.5 Å². The molecule has 1 aliphatic heterocycles. The molecular formula is C19H31N3O3S. The number of hydrogen-bond donors (Lipinski definition) is 0. The highest BCUT2D eigenvalue weighted by Crippen LogP contribution is 2.26. The summed E-state index contributed by atoms with van der Waals surface area (Å²) in [5, 5.41) is 0. The highest BCUT2D eigenvalue weighted by Gasteiger charge is 2.31. The van der Waals surface area contributed by atoms with Gasteiger partial charge in [-0.15, -0.1) is 0 Å². The number of rotatable bonds is 5. The van der Waals surface area contributed by atoms with Gasteiger partial charge in [0, 0.05) is 39.3 Å². The third-order valence-corrected chi connectivity index (χ3v) is 7.27. The summed E-state index contributed by atoms with van der Waals surface area (Å²) in [5.74, 6) is 0.0709. The van der Waals surface area contributed by atoms with E-state index < -0.39 is 10.0 Å². The molecule has 6 nitrogen and oxygen atoms in total. The summed E-state index contributed by atoms with van der Waals surface area (Å²) >= 11 is 0. The molecule has 0 bridgehead atoms. The summed E-state index contributed by atoms with van der Waals surface area (Å²) in [6.07, 6.45) is 0. The zero-order valence-electron chi connectivity index (χ0n) is 16.7. The summed E-state index contributed by atoms with van der Waals surface area (Å²) in [7, 11) is -1.71. The number of aryl methyl sites for hydroxylation is 3. The van der Waals surface area contributed by atoms with Crippen LogP contribution in [-0.4, -0.2) is 74.2 Å². The SMILES string of the molecule is Cc1cc(C)c(S(=O)(=O)N2CCN(CC(=O)N(C)C(C)C)CC2)c(C)c1. The second kappa shape index (κ2) is 8.06. The van der Waals surface area contributed by atoms with E-state index in [-0.39, 0.29) is 11.9 Å².